The fourth-order valence-electron chi connectivity index (χ4n) is 1.02. The highest BCUT2D eigenvalue weighted by molar-refractivity contribution is 5.79. The quantitative estimate of drug-likeness (QED) is 0.343. The van der Waals surface area contributed by atoms with E-state index in [1.54, 1.807) is 7.05 Å². The molecule has 0 amide bonds. The smallest absolute Gasteiger partial charge is 0.253 e. The molecule has 1 aromatic rings. The summed E-state index contributed by atoms with van der Waals surface area (Å²) in [7, 11) is 1.70. The molecule has 0 radical (unpaired) electrons. The van der Waals surface area contributed by atoms with Crippen LogP contribution in [0.25, 0.3) is 0 Å². The third-order valence-corrected chi connectivity index (χ3v) is 1.44. The fraction of sp³-hybridized carbons (Fsp3) is 0.375. The molecule has 4 N–H and O–H groups in total. The summed E-state index contributed by atoms with van der Waals surface area (Å²) in [6, 6.07) is 1.88. The average molecular weight is 194 g/mol. The van der Waals surface area contributed by atoms with Gasteiger partial charge in [0.1, 0.15) is 0 Å². The highest BCUT2D eigenvalue weighted by Gasteiger charge is 1.98. The van der Waals surface area contributed by atoms with Crippen LogP contribution in [0.15, 0.2) is 11.1 Å². The summed E-state index contributed by atoms with van der Waals surface area (Å²) < 4.78 is 0. The monoisotopic (exact) mass is 194 g/mol. The SMILES string of the molecule is CNN/C(N)=N\c1nc(C)cc(C)n1. The normalized spacial score (nSPS) is 11.5. The first-order valence-electron chi connectivity index (χ1n) is 4.21. The van der Waals surface area contributed by atoms with Crippen molar-refractivity contribution in [3.05, 3.63) is 17.5 Å². The molecule has 0 aliphatic heterocycles. The van der Waals surface area contributed by atoms with Crippen LogP contribution in [0.2, 0.25) is 0 Å². The minimum Gasteiger partial charge on any atom is -0.368 e. The minimum absolute atomic E-state index is 0.234. The Kier molecular flexibility index (Phi) is 3.35. The van der Waals surface area contributed by atoms with E-state index in [9.17, 15) is 0 Å². The van der Waals surface area contributed by atoms with E-state index in [1.165, 1.54) is 0 Å². The number of guanidine groups is 1. The maximum Gasteiger partial charge on any atom is 0.253 e. The molecule has 0 bridgehead atoms. The van der Waals surface area contributed by atoms with Crippen molar-refractivity contribution in [2.24, 2.45) is 10.7 Å². The van der Waals surface area contributed by atoms with Gasteiger partial charge in [0.15, 0.2) is 0 Å². The third-order valence-electron chi connectivity index (χ3n) is 1.44. The van der Waals surface area contributed by atoms with Crippen molar-refractivity contribution in [2.75, 3.05) is 7.05 Å². The highest BCUT2D eigenvalue weighted by atomic mass is 15.4. The van der Waals surface area contributed by atoms with Crippen LogP contribution < -0.4 is 16.6 Å². The molecule has 0 saturated heterocycles. The fourth-order valence-corrected chi connectivity index (χ4v) is 1.02. The van der Waals surface area contributed by atoms with E-state index in [0.717, 1.165) is 11.4 Å². The number of nitrogens with zero attached hydrogens (tertiary/aromatic N) is 3. The van der Waals surface area contributed by atoms with E-state index in [2.05, 4.69) is 25.8 Å². The molecule has 0 aliphatic rings. The molecule has 14 heavy (non-hydrogen) atoms. The molecule has 1 aromatic heterocycles. The molecule has 6 nitrogen and oxygen atoms in total. The van der Waals surface area contributed by atoms with Gasteiger partial charge in [0.25, 0.3) is 5.95 Å². The van der Waals surface area contributed by atoms with Crippen LogP contribution in [0.5, 0.6) is 0 Å². The Bertz CT molecular complexity index is 325. The van der Waals surface area contributed by atoms with E-state index in [1.807, 2.05) is 19.9 Å². The van der Waals surface area contributed by atoms with Crippen molar-refractivity contribution in [2.45, 2.75) is 13.8 Å². The Hall–Kier alpha value is -1.69. The molecule has 0 aliphatic carbocycles. The zero-order valence-electron chi connectivity index (χ0n) is 8.50. The first kappa shape index (κ1) is 10.4. The molecule has 0 aromatic carbocycles. The zero-order valence-corrected chi connectivity index (χ0v) is 8.50. The molecule has 0 unspecified atom stereocenters. The van der Waals surface area contributed by atoms with Crippen molar-refractivity contribution in [1.29, 1.82) is 0 Å². The van der Waals surface area contributed by atoms with Crippen LogP contribution >= 0.6 is 0 Å². The molecule has 1 heterocycles. The van der Waals surface area contributed by atoms with Crippen LogP contribution in [-0.2, 0) is 0 Å². The summed E-state index contributed by atoms with van der Waals surface area (Å²) >= 11 is 0. The largest absolute Gasteiger partial charge is 0.368 e. The maximum absolute atomic E-state index is 5.51. The maximum atomic E-state index is 5.51. The number of rotatable bonds is 2. The van der Waals surface area contributed by atoms with Crippen LogP contribution in [0.3, 0.4) is 0 Å². The number of hydrogen-bond acceptors (Lipinski definition) is 4. The number of hydrazine groups is 1. The summed E-state index contributed by atoms with van der Waals surface area (Å²) in [5.74, 6) is 0.597. The number of aryl methyl sites for hydroxylation is 2. The Labute approximate surface area is 82.6 Å². The van der Waals surface area contributed by atoms with Crippen molar-refractivity contribution in [3.63, 3.8) is 0 Å². The van der Waals surface area contributed by atoms with Crippen molar-refractivity contribution in [1.82, 2.24) is 20.8 Å². The van der Waals surface area contributed by atoms with Crippen molar-refractivity contribution >= 4 is 11.9 Å². The Morgan fingerprint density at radius 1 is 1.36 bits per heavy atom. The number of nitrogens with two attached hydrogens (primary N) is 1. The predicted octanol–water partition coefficient (Wildman–Crippen LogP) is -0.236. The van der Waals surface area contributed by atoms with Gasteiger partial charge in [-0.05, 0) is 19.9 Å². The van der Waals surface area contributed by atoms with Crippen molar-refractivity contribution in [3.8, 4) is 0 Å². The van der Waals surface area contributed by atoms with Gasteiger partial charge in [0.2, 0.25) is 5.96 Å². The lowest BCUT2D eigenvalue weighted by atomic mass is 10.4. The number of aliphatic imine (C=N–C) groups is 1. The summed E-state index contributed by atoms with van der Waals surface area (Å²) in [6.45, 7) is 3.77. The molecule has 76 valence electrons. The highest BCUT2D eigenvalue weighted by Crippen LogP contribution is 2.06. The summed E-state index contributed by atoms with van der Waals surface area (Å²) in [5, 5.41) is 0. The molecule has 0 saturated carbocycles. The van der Waals surface area contributed by atoms with E-state index >= 15 is 0 Å². The topological polar surface area (TPSA) is 88.2 Å². The lowest BCUT2D eigenvalue weighted by Crippen LogP contribution is -2.39. The molecule has 0 atom stereocenters. The van der Waals surface area contributed by atoms with Crippen LogP contribution in [0.4, 0.5) is 5.95 Å². The second-order valence-corrected chi connectivity index (χ2v) is 2.82. The van der Waals surface area contributed by atoms with Gasteiger partial charge < -0.3 is 5.73 Å². The van der Waals surface area contributed by atoms with Crippen LogP contribution in [0, 0.1) is 13.8 Å². The molecule has 0 spiro atoms. The lowest BCUT2D eigenvalue weighted by Gasteiger charge is -2.02. The standard InChI is InChI=1S/C8H14N6/c1-5-4-6(2)12-8(11-5)13-7(9)14-10-3/h4,10H,1-3H3,(H3,9,11,12,13,14). The van der Waals surface area contributed by atoms with Crippen LogP contribution in [0.1, 0.15) is 11.4 Å². The molecular formula is C8H14N6. The van der Waals surface area contributed by atoms with Gasteiger partial charge in [-0.1, -0.05) is 0 Å². The van der Waals surface area contributed by atoms with E-state index in [4.69, 9.17) is 5.73 Å². The summed E-state index contributed by atoms with van der Waals surface area (Å²) in [6.07, 6.45) is 0. The third kappa shape index (κ3) is 2.98. The van der Waals surface area contributed by atoms with Crippen LogP contribution in [-0.4, -0.2) is 23.0 Å². The van der Waals surface area contributed by atoms with E-state index < -0.39 is 0 Å². The second-order valence-electron chi connectivity index (χ2n) is 2.82. The molecular weight excluding hydrogens is 180 g/mol. The average Bonchev–Trinajstić information content (AvgIpc) is 2.01. The van der Waals surface area contributed by atoms with Gasteiger partial charge in [0.05, 0.1) is 0 Å². The Balaban J connectivity index is 2.90. The van der Waals surface area contributed by atoms with Gasteiger partial charge in [-0.3, -0.25) is 5.43 Å². The zero-order chi connectivity index (χ0) is 10.6. The van der Waals surface area contributed by atoms with Crippen molar-refractivity contribution < 1.29 is 0 Å². The Morgan fingerprint density at radius 2 is 1.93 bits per heavy atom. The van der Waals surface area contributed by atoms with Gasteiger partial charge in [-0.2, -0.15) is 4.99 Å². The first-order chi connectivity index (χ1) is 6.61. The molecule has 0 fully saturated rings. The number of hydrogen-bond donors (Lipinski definition) is 3. The van der Waals surface area contributed by atoms with Gasteiger partial charge in [0, 0.05) is 18.4 Å². The number of aromatic nitrogens is 2. The lowest BCUT2D eigenvalue weighted by molar-refractivity contribution is 0.760. The Morgan fingerprint density at radius 3 is 2.43 bits per heavy atom. The summed E-state index contributed by atoms with van der Waals surface area (Å²) in [5.41, 5.74) is 12.5. The van der Waals surface area contributed by atoms with Gasteiger partial charge >= 0.3 is 0 Å². The van der Waals surface area contributed by atoms with Gasteiger partial charge in [-0.15, -0.1) is 0 Å². The van der Waals surface area contributed by atoms with Gasteiger partial charge in [-0.25, -0.2) is 15.4 Å². The minimum atomic E-state index is 0.234. The molecule has 1 rings (SSSR count). The first-order valence-corrected chi connectivity index (χ1v) is 4.21. The van der Waals surface area contributed by atoms with E-state index in [0.29, 0.717) is 5.95 Å². The molecule has 6 heteroatoms. The van der Waals surface area contributed by atoms with E-state index in [-0.39, 0.29) is 5.96 Å². The summed E-state index contributed by atoms with van der Waals surface area (Å²) in [4.78, 5) is 12.2. The number of nitrogens with one attached hydrogen (secondary N) is 2. The predicted molar refractivity (Wildman–Crippen MR) is 55.0 cm³/mol. The second kappa shape index (κ2) is 4.52.